The van der Waals surface area contributed by atoms with Crippen LogP contribution in [0.25, 0.3) is 6.08 Å². The van der Waals surface area contributed by atoms with E-state index in [1.807, 2.05) is 0 Å². The Bertz CT molecular complexity index is 569. The lowest BCUT2D eigenvalue weighted by Gasteiger charge is -1.97. The smallest absolute Gasteiger partial charge is 0.185 e. The third-order valence-electron chi connectivity index (χ3n) is 1.99. The van der Waals surface area contributed by atoms with Gasteiger partial charge in [-0.05, 0) is 57.8 Å². The minimum atomic E-state index is -0.394. The molecule has 1 aromatic carbocycles. The molecule has 0 aliphatic heterocycles. The van der Waals surface area contributed by atoms with Crippen LogP contribution in [0, 0.1) is 5.82 Å². The number of hydrogen-bond donors (Lipinski definition) is 0. The summed E-state index contributed by atoms with van der Waals surface area (Å²) in [5.41, 5.74) is 1.04. The molecule has 0 fully saturated rings. The summed E-state index contributed by atoms with van der Waals surface area (Å²) in [5.74, 6) is -0.604. The van der Waals surface area contributed by atoms with Crippen molar-refractivity contribution in [2.24, 2.45) is 0 Å². The van der Waals surface area contributed by atoms with Gasteiger partial charge < -0.3 is 0 Å². The molecule has 0 N–H and O–H groups in total. The molecule has 1 aromatic heterocycles. The van der Waals surface area contributed by atoms with Gasteiger partial charge in [0.25, 0.3) is 0 Å². The van der Waals surface area contributed by atoms with E-state index < -0.39 is 5.82 Å². The van der Waals surface area contributed by atoms with Crippen molar-refractivity contribution in [2.75, 3.05) is 0 Å². The zero-order valence-electron chi connectivity index (χ0n) is 8.43. The molecule has 0 spiro atoms. The SMILES string of the molecule is O=C(/C=C\c1csnn1)c1ccc(F)c(Br)c1. The normalized spacial score (nSPS) is 10.9. The van der Waals surface area contributed by atoms with E-state index in [4.69, 9.17) is 0 Å². The Hall–Kier alpha value is -1.40. The van der Waals surface area contributed by atoms with Crippen LogP contribution in [0.1, 0.15) is 16.1 Å². The van der Waals surface area contributed by atoms with E-state index in [0.717, 1.165) is 0 Å². The summed E-state index contributed by atoms with van der Waals surface area (Å²) in [4.78, 5) is 11.7. The monoisotopic (exact) mass is 312 g/mol. The quantitative estimate of drug-likeness (QED) is 0.645. The molecule has 86 valence electrons. The molecular formula is C11H6BrFN2OS. The third-order valence-corrected chi connectivity index (χ3v) is 3.12. The van der Waals surface area contributed by atoms with E-state index in [2.05, 4.69) is 25.5 Å². The highest BCUT2D eigenvalue weighted by atomic mass is 79.9. The predicted molar refractivity (Wildman–Crippen MR) is 67.4 cm³/mol. The minimum absolute atomic E-state index is 0.210. The Kier molecular flexibility index (Phi) is 3.75. The fourth-order valence-electron chi connectivity index (χ4n) is 1.15. The van der Waals surface area contributed by atoms with E-state index in [9.17, 15) is 9.18 Å². The Morgan fingerprint density at radius 3 is 2.94 bits per heavy atom. The highest BCUT2D eigenvalue weighted by molar-refractivity contribution is 9.10. The lowest BCUT2D eigenvalue weighted by Crippen LogP contribution is -1.94. The Labute approximate surface area is 109 Å². The van der Waals surface area contributed by atoms with Gasteiger partial charge in [-0.25, -0.2) is 4.39 Å². The van der Waals surface area contributed by atoms with Crippen molar-refractivity contribution < 1.29 is 9.18 Å². The first kappa shape index (κ1) is 12.1. The van der Waals surface area contributed by atoms with Gasteiger partial charge in [0.1, 0.15) is 5.82 Å². The molecule has 0 amide bonds. The molecule has 1 heterocycles. The molecular weight excluding hydrogens is 307 g/mol. The van der Waals surface area contributed by atoms with Gasteiger partial charge in [0.05, 0.1) is 10.2 Å². The number of allylic oxidation sites excluding steroid dienone is 1. The van der Waals surface area contributed by atoms with Crippen molar-refractivity contribution in [3.63, 3.8) is 0 Å². The second kappa shape index (κ2) is 5.29. The lowest BCUT2D eigenvalue weighted by molar-refractivity contribution is 0.104. The molecule has 6 heteroatoms. The van der Waals surface area contributed by atoms with Crippen molar-refractivity contribution >= 4 is 39.3 Å². The number of halogens is 2. The van der Waals surface area contributed by atoms with E-state index in [-0.39, 0.29) is 10.3 Å². The molecule has 2 rings (SSSR count). The molecule has 0 saturated heterocycles. The van der Waals surface area contributed by atoms with Gasteiger partial charge in [-0.3, -0.25) is 4.79 Å². The molecule has 2 aromatic rings. The summed E-state index contributed by atoms with van der Waals surface area (Å²) in [5, 5.41) is 5.50. The van der Waals surface area contributed by atoms with Crippen LogP contribution in [-0.2, 0) is 0 Å². The summed E-state index contributed by atoms with van der Waals surface area (Å²) < 4.78 is 16.9. The van der Waals surface area contributed by atoms with Crippen molar-refractivity contribution in [1.29, 1.82) is 0 Å². The number of aromatic nitrogens is 2. The lowest BCUT2D eigenvalue weighted by atomic mass is 10.1. The first-order chi connectivity index (χ1) is 8.16. The molecule has 0 atom stereocenters. The number of hydrogen-bond acceptors (Lipinski definition) is 4. The largest absolute Gasteiger partial charge is 0.289 e. The number of benzene rings is 1. The molecule has 0 bridgehead atoms. The summed E-state index contributed by atoms with van der Waals surface area (Å²) >= 11 is 4.24. The number of rotatable bonds is 3. The summed E-state index contributed by atoms with van der Waals surface area (Å²) in [6.45, 7) is 0. The zero-order chi connectivity index (χ0) is 12.3. The molecule has 0 radical (unpaired) electrons. The van der Waals surface area contributed by atoms with Crippen molar-refractivity contribution in [1.82, 2.24) is 9.59 Å². The fraction of sp³-hybridized carbons (Fsp3) is 0. The average molecular weight is 313 g/mol. The Morgan fingerprint density at radius 1 is 1.47 bits per heavy atom. The average Bonchev–Trinajstić information content (AvgIpc) is 2.82. The second-order valence-corrected chi connectivity index (χ2v) is 4.62. The second-order valence-electron chi connectivity index (χ2n) is 3.16. The zero-order valence-corrected chi connectivity index (χ0v) is 10.8. The topological polar surface area (TPSA) is 42.9 Å². The van der Waals surface area contributed by atoms with Crippen molar-refractivity contribution in [3.8, 4) is 0 Å². The Balaban J connectivity index is 2.17. The van der Waals surface area contributed by atoms with Gasteiger partial charge in [0.15, 0.2) is 5.78 Å². The molecule has 0 aliphatic carbocycles. The standard InChI is InChI=1S/C11H6BrFN2OS/c12-9-5-7(1-3-10(9)13)11(16)4-2-8-6-17-15-14-8/h1-6H/b4-2-. The van der Waals surface area contributed by atoms with Crippen LogP contribution >= 0.6 is 27.5 Å². The van der Waals surface area contributed by atoms with Crippen LogP contribution in [-0.4, -0.2) is 15.4 Å². The van der Waals surface area contributed by atoms with Gasteiger partial charge in [0, 0.05) is 10.9 Å². The van der Waals surface area contributed by atoms with Crippen LogP contribution in [0.3, 0.4) is 0 Å². The molecule has 0 saturated carbocycles. The molecule has 0 unspecified atom stereocenters. The first-order valence-corrected chi connectivity index (χ1v) is 6.24. The van der Waals surface area contributed by atoms with Crippen LogP contribution < -0.4 is 0 Å². The highest BCUT2D eigenvalue weighted by Crippen LogP contribution is 2.17. The number of carbonyl (C=O) groups is 1. The van der Waals surface area contributed by atoms with Gasteiger partial charge in [0.2, 0.25) is 0 Å². The summed E-state index contributed by atoms with van der Waals surface area (Å²) in [7, 11) is 0. The van der Waals surface area contributed by atoms with E-state index >= 15 is 0 Å². The van der Waals surface area contributed by atoms with Crippen LogP contribution in [0.15, 0.2) is 34.1 Å². The van der Waals surface area contributed by atoms with Gasteiger partial charge in [-0.1, -0.05) is 4.49 Å². The Morgan fingerprint density at radius 2 is 2.29 bits per heavy atom. The maximum atomic E-state index is 13.0. The van der Waals surface area contributed by atoms with Gasteiger partial charge in [-0.15, -0.1) is 5.10 Å². The van der Waals surface area contributed by atoms with Gasteiger partial charge in [-0.2, -0.15) is 0 Å². The van der Waals surface area contributed by atoms with Crippen molar-refractivity contribution in [3.05, 3.63) is 51.2 Å². The first-order valence-electron chi connectivity index (χ1n) is 4.61. The number of nitrogens with zero attached hydrogens (tertiary/aromatic N) is 2. The fourth-order valence-corrected chi connectivity index (χ4v) is 1.95. The summed E-state index contributed by atoms with van der Waals surface area (Å²) in [6, 6.07) is 4.13. The highest BCUT2D eigenvalue weighted by Gasteiger charge is 2.05. The predicted octanol–water partition coefficient (Wildman–Crippen LogP) is 3.34. The molecule has 17 heavy (non-hydrogen) atoms. The van der Waals surface area contributed by atoms with E-state index in [0.29, 0.717) is 11.3 Å². The van der Waals surface area contributed by atoms with Crippen LogP contribution in [0.5, 0.6) is 0 Å². The number of ketones is 1. The maximum absolute atomic E-state index is 13.0. The molecule has 3 nitrogen and oxygen atoms in total. The van der Waals surface area contributed by atoms with Crippen molar-refractivity contribution in [2.45, 2.75) is 0 Å². The maximum Gasteiger partial charge on any atom is 0.185 e. The van der Waals surface area contributed by atoms with Crippen LogP contribution in [0.2, 0.25) is 0 Å². The number of carbonyl (C=O) groups excluding carboxylic acids is 1. The summed E-state index contributed by atoms with van der Waals surface area (Å²) in [6.07, 6.45) is 2.96. The van der Waals surface area contributed by atoms with Gasteiger partial charge >= 0.3 is 0 Å². The van der Waals surface area contributed by atoms with E-state index in [1.165, 1.54) is 35.8 Å². The van der Waals surface area contributed by atoms with E-state index in [1.54, 1.807) is 11.5 Å². The van der Waals surface area contributed by atoms with Crippen LogP contribution in [0.4, 0.5) is 4.39 Å². The third kappa shape index (κ3) is 3.04. The minimum Gasteiger partial charge on any atom is -0.289 e. The molecule has 0 aliphatic rings.